The fourth-order valence-electron chi connectivity index (χ4n) is 1.83. The lowest BCUT2D eigenvalue weighted by molar-refractivity contribution is -0.113. The molecule has 10 heteroatoms. The lowest BCUT2D eigenvalue weighted by Gasteiger charge is -1.99. The van der Waals surface area contributed by atoms with Gasteiger partial charge in [0.25, 0.3) is 0 Å². The molecule has 2 aromatic heterocycles. The molecule has 0 aliphatic heterocycles. The number of amides is 1. The zero-order valence-electron chi connectivity index (χ0n) is 13.3. The van der Waals surface area contributed by atoms with Gasteiger partial charge >= 0.3 is 0 Å². The predicted octanol–water partition coefficient (Wildman–Crippen LogP) is 3.39. The Morgan fingerprint density at radius 3 is 2.84 bits per heavy atom. The summed E-state index contributed by atoms with van der Waals surface area (Å²) in [5.41, 5.74) is 1.22. The molecule has 130 valence electrons. The molecule has 0 bridgehead atoms. The van der Waals surface area contributed by atoms with Crippen molar-refractivity contribution in [2.24, 2.45) is 0 Å². The van der Waals surface area contributed by atoms with E-state index in [0.717, 1.165) is 10.1 Å². The van der Waals surface area contributed by atoms with Gasteiger partial charge < -0.3 is 4.52 Å². The number of rotatable bonds is 8. The van der Waals surface area contributed by atoms with Crippen LogP contribution in [0.25, 0.3) is 0 Å². The summed E-state index contributed by atoms with van der Waals surface area (Å²) in [6.45, 7) is 1.73. The maximum absolute atomic E-state index is 11.9. The second kappa shape index (κ2) is 8.97. The van der Waals surface area contributed by atoms with Crippen LogP contribution < -0.4 is 5.32 Å². The highest BCUT2D eigenvalue weighted by Gasteiger charge is 2.10. The lowest BCUT2D eigenvalue weighted by atomic mass is 10.2. The Morgan fingerprint density at radius 2 is 2.08 bits per heavy atom. The minimum Gasteiger partial charge on any atom is -0.340 e. The van der Waals surface area contributed by atoms with Crippen molar-refractivity contribution < 1.29 is 9.32 Å². The predicted molar refractivity (Wildman–Crippen MR) is 99.7 cm³/mol. The molecule has 1 N–H and O–H groups in total. The van der Waals surface area contributed by atoms with Gasteiger partial charge in [-0.15, -0.1) is 22.0 Å². The van der Waals surface area contributed by atoms with Crippen molar-refractivity contribution in [3.05, 3.63) is 47.6 Å². The molecule has 25 heavy (non-hydrogen) atoms. The zero-order chi connectivity index (χ0) is 17.5. The molecule has 0 saturated heterocycles. The molecule has 3 aromatic rings. The molecule has 0 aliphatic rings. The number of hydrogen-bond donors (Lipinski definition) is 1. The standard InChI is InChI=1S/C15H15N5O2S3/c1-10-16-12(20-22-10)8-23-9-13(21)17-14-18-19-15(25-14)24-7-11-5-3-2-4-6-11/h2-6H,7-9H2,1H3,(H,17,18,21). The number of carbonyl (C=O) groups excluding carboxylic acids is 1. The molecular weight excluding hydrogens is 378 g/mol. The summed E-state index contributed by atoms with van der Waals surface area (Å²) >= 11 is 4.39. The van der Waals surface area contributed by atoms with E-state index in [1.54, 1.807) is 18.7 Å². The highest BCUT2D eigenvalue weighted by Crippen LogP contribution is 2.28. The quantitative estimate of drug-likeness (QED) is 0.460. The number of aromatic nitrogens is 4. The van der Waals surface area contributed by atoms with Gasteiger partial charge in [-0.2, -0.15) is 4.98 Å². The van der Waals surface area contributed by atoms with Crippen LogP contribution in [-0.4, -0.2) is 32.0 Å². The molecule has 0 unspecified atom stereocenters. The highest BCUT2D eigenvalue weighted by molar-refractivity contribution is 8.00. The molecule has 1 aromatic carbocycles. The van der Waals surface area contributed by atoms with Crippen molar-refractivity contribution in [2.75, 3.05) is 11.1 Å². The van der Waals surface area contributed by atoms with Gasteiger partial charge in [0, 0.05) is 12.7 Å². The Hall–Kier alpha value is -1.91. The summed E-state index contributed by atoms with van der Waals surface area (Å²) in [7, 11) is 0. The number of benzene rings is 1. The van der Waals surface area contributed by atoms with Crippen LogP contribution in [0.1, 0.15) is 17.3 Å². The number of nitrogens with zero attached hydrogens (tertiary/aromatic N) is 4. The number of carbonyl (C=O) groups is 1. The third-order valence-corrected chi connectivity index (χ3v) is 5.86. The van der Waals surface area contributed by atoms with E-state index in [2.05, 4.69) is 37.8 Å². The van der Waals surface area contributed by atoms with Crippen molar-refractivity contribution in [2.45, 2.75) is 22.8 Å². The number of aryl methyl sites for hydroxylation is 1. The molecule has 2 heterocycles. The molecule has 7 nitrogen and oxygen atoms in total. The molecule has 0 atom stereocenters. The molecule has 1 amide bonds. The summed E-state index contributed by atoms with van der Waals surface area (Å²) in [5, 5.41) is 15.2. The summed E-state index contributed by atoms with van der Waals surface area (Å²) in [5.74, 6) is 2.63. The highest BCUT2D eigenvalue weighted by atomic mass is 32.2. The maximum atomic E-state index is 11.9. The van der Waals surface area contributed by atoms with Crippen LogP contribution in [0.5, 0.6) is 0 Å². The van der Waals surface area contributed by atoms with Gasteiger partial charge in [0.2, 0.25) is 16.9 Å². The molecule has 0 saturated carbocycles. The topological polar surface area (TPSA) is 93.8 Å². The molecule has 0 spiro atoms. The summed E-state index contributed by atoms with van der Waals surface area (Å²) in [6, 6.07) is 10.1. The maximum Gasteiger partial charge on any atom is 0.236 e. The van der Waals surface area contributed by atoms with E-state index in [1.807, 2.05) is 18.2 Å². The van der Waals surface area contributed by atoms with Crippen molar-refractivity contribution in [3.8, 4) is 0 Å². The number of anilines is 1. The van der Waals surface area contributed by atoms with Crippen molar-refractivity contribution >= 4 is 45.9 Å². The normalized spacial score (nSPS) is 10.8. The van der Waals surface area contributed by atoms with E-state index in [9.17, 15) is 4.79 Å². The fraction of sp³-hybridized carbons (Fsp3) is 0.267. The van der Waals surface area contributed by atoms with E-state index < -0.39 is 0 Å². The van der Waals surface area contributed by atoms with Crippen LogP contribution in [0.4, 0.5) is 5.13 Å². The smallest absolute Gasteiger partial charge is 0.236 e. The van der Waals surface area contributed by atoms with Gasteiger partial charge in [-0.1, -0.05) is 58.6 Å². The van der Waals surface area contributed by atoms with E-state index in [4.69, 9.17) is 4.52 Å². The van der Waals surface area contributed by atoms with Crippen LogP contribution in [0.3, 0.4) is 0 Å². The first kappa shape index (κ1) is 17.9. The average Bonchev–Trinajstić information content (AvgIpc) is 3.23. The van der Waals surface area contributed by atoms with Crippen molar-refractivity contribution in [1.29, 1.82) is 0 Å². The monoisotopic (exact) mass is 393 g/mol. The lowest BCUT2D eigenvalue weighted by Crippen LogP contribution is -2.14. The Kier molecular flexibility index (Phi) is 6.42. The van der Waals surface area contributed by atoms with E-state index in [1.165, 1.54) is 28.7 Å². The van der Waals surface area contributed by atoms with Gasteiger partial charge in [0.05, 0.1) is 11.5 Å². The van der Waals surface area contributed by atoms with Gasteiger partial charge in [0.15, 0.2) is 10.2 Å². The second-order valence-electron chi connectivity index (χ2n) is 4.92. The summed E-state index contributed by atoms with van der Waals surface area (Å²) in [6.07, 6.45) is 0. The third-order valence-electron chi connectivity index (χ3n) is 2.89. The van der Waals surface area contributed by atoms with E-state index in [-0.39, 0.29) is 5.91 Å². The van der Waals surface area contributed by atoms with Crippen LogP contribution in [-0.2, 0) is 16.3 Å². The fourth-order valence-corrected chi connectivity index (χ4v) is 4.21. The molecular formula is C15H15N5O2S3. The van der Waals surface area contributed by atoms with E-state index >= 15 is 0 Å². The van der Waals surface area contributed by atoms with Crippen molar-refractivity contribution in [3.63, 3.8) is 0 Å². The average molecular weight is 394 g/mol. The molecule has 0 fully saturated rings. The minimum absolute atomic E-state index is 0.124. The van der Waals surface area contributed by atoms with Crippen LogP contribution in [0.2, 0.25) is 0 Å². The van der Waals surface area contributed by atoms with E-state index in [0.29, 0.717) is 28.4 Å². The second-order valence-corrected chi connectivity index (χ2v) is 8.10. The largest absolute Gasteiger partial charge is 0.340 e. The van der Waals surface area contributed by atoms with Gasteiger partial charge in [0.1, 0.15) is 0 Å². The first-order valence-electron chi connectivity index (χ1n) is 7.36. The van der Waals surface area contributed by atoms with Gasteiger partial charge in [-0.05, 0) is 5.56 Å². The van der Waals surface area contributed by atoms with Crippen molar-refractivity contribution in [1.82, 2.24) is 20.3 Å². The zero-order valence-corrected chi connectivity index (χ0v) is 15.8. The van der Waals surface area contributed by atoms with Gasteiger partial charge in [-0.3, -0.25) is 10.1 Å². The first-order valence-corrected chi connectivity index (χ1v) is 10.3. The molecule has 3 rings (SSSR count). The van der Waals surface area contributed by atoms with Gasteiger partial charge in [-0.25, -0.2) is 0 Å². The molecule has 0 aliphatic carbocycles. The summed E-state index contributed by atoms with van der Waals surface area (Å²) < 4.78 is 5.71. The number of thioether (sulfide) groups is 2. The number of hydrogen-bond acceptors (Lipinski definition) is 9. The Balaban J connectivity index is 1.40. The first-order chi connectivity index (χ1) is 12.2. The van der Waals surface area contributed by atoms with Crippen LogP contribution in [0.15, 0.2) is 39.2 Å². The van der Waals surface area contributed by atoms with Crippen LogP contribution >= 0.6 is 34.9 Å². The number of nitrogens with one attached hydrogen (secondary N) is 1. The Labute approximate surface area is 157 Å². The van der Waals surface area contributed by atoms with Crippen LogP contribution in [0, 0.1) is 6.92 Å². The minimum atomic E-state index is -0.124. The summed E-state index contributed by atoms with van der Waals surface area (Å²) in [4.78, 5) is 16.0. The Bertz CT molecular complexity index is 821. The molecule has 0 radical (unpaired) electrons. The SMILES string of the molecule is Cc1nc(CSCC(=O)Nc2nnc(SCc3ccccc3)s2)no1. The third kappa shape index (κ3) is 5.83. The Morgan fingerprint density at radius 1 is 1.24 bits per heavy atom.